The van der Waals surface area contributed by atoms with E-state index in [1.165, 1.54) is 12.1 Å². The van der Waals surface area contributed by atoms with Crippen LogP contribution in [0.1, 0.15) is 18.9 Å². The van der Waals surface area contributed by atoms with Crippen LogP contribution >= 0.6 is 0 Å². The molecule has 0 aliphatic carbocycles. The van der Waals surface area contributed by atoms with Crippen LogP contribution in [0.4, 0.5) is 4.39 Å². The number of carbonyl (C=O) groups is 1. The third kappa shape index (κ3) is 3.75. The van der Waals surface area contributed by atoms with Crippen LogP contribution in [0.3, 0.4) is 0 Å². The molecule has 19 heavy (non-hydrogen) atoms. The van der Waals surface area contributed by atoms with Gasteiger partial charge < -0.3 is 15.7 Å². The lowest BCUT2D eigenvalue weighted by atomic mass is 9.87. The summed E-state index contributed by atoms with van der Waals surface area (Å²) in [5, 5.41) is 15.4. The van der Waals surface area contributed by atoms with Crippen molar-refractivity contribution < 1.29 is 14.3 Å². The molecule has 1 aromatic carbocycles. The van der Waals surface area contributed by atoms with Crippen molar-refractivity contribution in [3.05, 3.63) is 35.6 Å². The molecule has 104 valence electrons. The van der Waals surface area contributed by atoms with Crippen molar-refractivity contribution in [2.45, 2.75) is 31.3 Å². The van der Waals surface area contributed by atoms with Crippen molar-refractivity contribution >= 4 is 5.97 Å². The van der Waals surface area contributed by atoms with Gasteiger partial charge in [0, 0.05) is 19.1 Å². The zero-order valence-corrected chi connectivity index (χ0v) is 10.9. The number of hydrogen-bond acceptors (Lipinski definition) is 3. The third-order valence-corrected chi connectivity index (χ3v) is 3.42. The maximum Gasteiger partial charge on any atom is 0.305 e. The number of benzene rings is 1. The second-order valence-corrected chi connectivity index (χ2v) is 5.33. The second-order valence-electron chi connectivity index (χ2n) is 5.33. The first kappa shape index (κ1) is 14.0. The van der Waals surface area contributed by atoms with E-state index in [2.05, 4.69) is 10.6 Å². The molecule has 3 N–H and O–H groups in total. The van der Waals surface area contributed by atoms with Crippen LogP contribution in [0.2, 0.25) is 0 Å². The standard InChI is InChI=1S/C14H19FN2O2/c1-10(6-11-2-4-12(15)5-3-11)17-14(7-13(18)19)8-16-9-14/h2-5,10,16-17H,6-9H2,1H3,(H,18,19). The van der Waals surface area contributed by atoms with Gasteiger partial charge in [-0.1, -0.05) is 12.1 Å². The summed E-state index contributed by atoms with van der Waals surface area (Å²) in [7, 11) is 0. The van der Waals surface area contributed by atoms with Crippen LogP contribution in [0, 0.1) is 5.82 Å². The molecule has 0 spiro atoms. The van der Waals surface area contributed by atoms with Gasteiger partial charge in [0.05, 0.1) is 12.0 Å². The minimum absolute atomic E-state index is 0.119. The van der Waals surface area contributed by atoms with E-state index in [-0.39, 0.29) is 23.8 Å². The van der Waals surface area contributed by atoms with Gasteiger partial charge in [0.1, 0.15) is 5.82 Å². The van der Waals surface area contributed by atoms with Gasteiger partial charge >= 0.3 is 5.97 Å². The van der Waals surface area contributed by atoms with E-state index in [9.17, 15) is 9.18 Å². The van der Waals surface area contributed by atoms with Gasteiger partial charge in [-0.15, -0.1) is 0 Å². The Morgan fingerprint density at radius 1 is 1.47 bits per heavy atom. The summed E-state index contributed by atoms with van der Waals surface area (Å²) in [6, 6.07) is 6.55. The normalized spacial score (nSPS) is 18.6. The number of carboxylic acids is 1. The lowest BCUT2D eigenvalue weighted by Crippen LogP contribution is -2.70. The number of aliphatic carboxylic acids is 1. The summed E-state index contributed by atoms with van der Waals surface area (Å²) in [6.07, 6.45) is 0.870. The maximum atomic E-state index is 12.8. The molecule has 1 aromatic rings. The largest absolute Gasteiger partial charge is 0.481 e. The lowest BCUT2D eigenvalue weighted by Gasteiger charge is -2.44. The molecule has 1 fully saturated rings. The van der Waals surface area contributed by atoms with Crippen LogP contribution < -0.4 is 10.6 Å². The Hall–Kier alpha value is -1.46. The second kappa shape index (κ2) is 5.67. The van der Waals surface area contributed by atoms with Gasteiger partial charge in [-0.2, -0.15) is 0 Å². The molecule has 1 saturated heterocycles. The lowest BCUT2D eigenvalue weighted by molar-refractivity contribution is -0.139. The highest BCUT2D eigenvalue weighted by atomic mass is 19.1. The highest BCUT2D eigenvalue weighted by molar-refractivity contribution is 5.68. The summed E-state index contributed by atoms with van der Waals surface area (Å²) >= 11 is 0. The van der Waals surface area contributed by atoms with Gasteiger partial charge in [0.15, 0.2) is 0 Å². The fraction of sp³-hybridized carbons (Fsp3) is 0.500. The van der Waals surface area contributed by atoms with Crippen molar-refractivity contribution in [3.63, 3.8) is 0 Å². The molecule has 0 amide bonds. The van der Waals surface area contributed by atoms with E-state index in [4.69, 9.17) is 5.11 Å². The minimum Gasteiger partial charge on any atom is -0.481 e. The van der Waals surface area contributed by atoms with E-state index in [0.29, 0.717) is 13.1 Å². The molecule has 1 atom stereocenters. The summed E-state index contributed by atoms with van der Waals surface area (Å²) in [5.74, 6) is -1.03. The van der Waals surface area contributed by atoms with Crippen molar-refractivity contribution in [2.24, 2.45) is 0 Å². The van der Waals surface area contributed by atoms with E-state index >= 15 is 0 Å². The fourth-order valence-corrected chi connectivity index (χ4v) is 2.54. The molecule has 1 aliphatic rings. The maximum absolute atomic E-state index is 12.8. The Balaban J connectivity index is 1.91. The molecule has 0 bridgehead atoms. The summed E-state index contributed by atoms with van der Waals surface area (Å²) in [4.78, 5) is 10.9. The predicted molar refractivity (Wildman–Crippen MR) is 70.6 cm³/mol. The third-order valence-electron chi connectivity index (χ3n) is 3.42. The predicted octanol–water partition coefficient (Wildman–Crippen LogP) is 1.16. The van der Waals surface area contributed by atoms with E-state index in [0.717, 1.165) is 12.0 Å². The highest BCUT2D eigenvalue weighted by Gasteiger charge is 2.39. The number of halogens is 1. The average molecular weight is 266 g/mol. The van der Waals surface area contributed by atoms with Crippen LogP contribution in [0.25, 0.3) is 0 Å². The SMILES string of the molecule is CC(Cc1ccc(F)cc1)NC1(CC(=O)O)CNC1. The van der Waals surface area contributed by atoms with Crippen LogP contribution in [-0.2, 0) is 11.2 Å². The Kier molecular flexibility index (Phi) is 4.17. The van der Waals surface area contributed by atoms with Crippen molar-refractivity contribution in [2.75, 3.05) is 13.1 Å². The zero-order valence-electron chi connectivity index (χ0n) is 10.9. The molecular formula is C14H19FN2O2. The topological polar surface area (TPSA) is 61.4 Å². The number of rotatable bonds is 6. The fourth-order valence-electron chi connectivity index (χ4n) is 2.54. The van der Waals surface area contributed by atoms with Crippen LogP contribution in [-0.4, -0.2) is 35.7 Å². The molecule has 0 aromatic heterocycles. The molecule has 1 aliphatic heterocycles. The molecule has 4 nitrogen and oxygen atoms in total. The molecule has 5 heteroatoms. The quantitative estimate of drug-likeness (QED) is 0.723. The van der Waals surface area contributed by atoms with E-state index in [1.54, 1.807) is 12.1 Å². The van der Waals surface area contributed by atoms with Crippen molar-refractivity contribution in [1.29, 1.82) is 0 Å². The summed E-state index contributed by atoms with van der Waals surface area (Å²) in [6.45, 7) is 3.37. The smallest absolute Gasteiger partial charge is 0.305 e. The number of hydrogen-bond donors (Lipinski definition) is 3. The first-order valence-electron chi connectivity index (χ1n) is 6.44. The van der Waals surface area contributed by atoms with Gasteiger partial charge in [0.2, 0.25) is 0 Å². The molecule has 1 heterocycles. The average Bonchev–Trinajstić information content (AvgIpc) is 2.28. The molecule has 2 rings (SSSR count). The van der Waals surface area contributed by atoms with Gasteiger partial charge in [0.25, 0.3) is 0 Å². The Bertz CT molecular complexity index is 443. The van der Waals surface area contributed by atoms with E-state index in [1.807, 2.05) is 6.92 Å². The first-order chi connectivity index (χ1) is 8.99. The van der Waals surface area contributed by atoms with Crippen molar-refractivity contribution in [1.82, 2.24) is 10.6 Å². The van der Waals surface area contributed by atoms with Gasteiger partial charge in [-0.05, 0) is 31.0 Å². The Labute approximate surface area is 112 Å². The molecule has 0 saturated carbocycles. The Morgan fingerprint density at radius 2 is 2.11 bits per heavy atom. The number of nitrogens with one attached hydrogen (secondary N) is 2. The minimum atomic E-state index is -0.789. The monoisotopic (exact) mass is 266 g/mol. The first-order valence-corrected chi connectivity index (χ1v) is 6.44. The molecule has 1 unspecified atom stereocenters. The molecular weight excluding hydrogens is 247 g/mol. The number of carboxylic acid groups (broad SMARTS) is 1. The van der Waals surface area contributed by atoms with Crippen LogP contribution in [0.15, 0.2) is 24.3 Å². The summed E-state index contributed by atoms with van der Waals surface area (Å²) in [5.41, 5.74) is 0.699. The summed E-state index contributed by atoms with van der Waals surface area (Å²) < 4.78 is 12.8. The van der Waals surface area contributed by atoms with E-state index < -0.39 is 5.97 Å². The van der Waals surface area contributed by atoms with Crippen LogP contribution in [0.5, 0.6) is 0 Å². The Morgan fingerprint density at radius 3 is 2.58 bits per heavy atom. The zero-order chi connectivity index (χ0) is 13.9. The van der Waals surface area contributed by atoms with Gasteiger partial charge in [-0.3, -0.25) is 4.79 Å². The van der Waals surface area contributed by atoms with Crippen molar-refractivity contribution in [3.8, 4) is 0 Å². The molecule has 0 radical (unpaired) electrons. The highest BCUT2D eigenvalue weighted by Crippen LogP contribution is 2.18. The van der Waals surface area contributed by atoms with Gasteiger partial charge in [-0.25, -0.2) is 4.39 Å².